The van der Waals surface area contributed by atoms with Gasteiger partial charge in [0, 0.05) is 41.2 Å². The minimum Gasteiger partial charge on any atom is -0.476 e. The number of aromatic nitrogens is 1. The quantitative estimate of drug-likeness (QED) is 0.681. The number of nitrogens with zero attached hydrogens (tertiary/aromatic N) is 2. The Bertz CT molecular complexity index is 531. The van der Waals surface area contributed by atoms with Crippen LogP contribution in [0, 0.1) is 0 Å². The minimum absolute atomic E-state index is 0. The number of pyridine rings is 1. The number of nitrogen functional groups attached to an aromatic ring is 1. The van der Waals surface area contributed by atoms with Gasteiger partial charge in [0.15, 0.2) is 0 Å². The average molecular weight is 329 g/mol. The number of urea groups is 1. The molecule has 23 heavy (non-hydrogen) atoms. The molecule has 1 aliphatic heterocycles. The fraction of sp³-hybridized carbons (Fsp3) is 0.600. The molecule has 2 rings (SSSR count). The first-order valence-corrected chi connectivity index (χ1v) is 7.82. The van der Waals surface area contributed by atoms with Gasteiger partial charge in [-0.25, -0.2) is 4.79 Å². The summed E-state index contributed by atoms with van der Waals surface area (Å²) in [5, 5.41) is 5.46. The van der Waals surface area contributed by atoms with Crippen molar-refractivity contribution in [2.24, 2.45) is 0 Å². The van der Waals surface area contributed by atoms with Gasteiger partial charge in [-0.2, -0.15) is 4.98 Å². The maximum absolute atomic E-state index is 11.4. The molecule has 2 heterocycles. The number of rotatable bonds is 6. The van der Waals surface area contributed by atoms with Crippen LogP contribution in [-0.4, -0.2) is 56.5 Å². The number of hydrogen-bond acceptors (Lipinski definition) is 6. The topological polar surface area (TPSA) is 102 Å². The zero-order valence-corrected chi connectivity index (χ0v) is 13.7. The van der Waals surface area contributed by atoms with Crippen molar-refractivity contribution in [2.45, 2.75) is 19.9 Å². The van der Waals surface area contributed by atoms with Crippen LogP contribution in [0.4, 0.5) is 16.3 Å². The number of ether oxygens (including phenoxy) is 2. The fourth-order valence-corrected chi connectivity index (χ4v) is 2.22. The Morgan fingerprint density at radius 2 is 2.22 bits per heavy atom. The van der Waals surface area contributed by atoms with Crippen LogP contribution < -0.4 is 26.0 Å². The number of carbonyl (C=O) groups is 1. The van der Waals surface area contributed by atoms with Crippen molar-refractivity contribution < 1.29 is 18.5 Å². The maximum atomic E-state index is 11.4. The SMILES string of the molecule is CC(C)NC(=O)NCCOc1cc(N2CCOCC2)cc(N)n1.[HH].[HH].[HH]. The molecule has 0 aromatic carbocycles. The van der Waals surface area contributed by atoms with Crippen molar-refractivity contribution in [3.05, 3.63) is 12.1 Å². The lowest BCUT2D eigenvalue weighted by Gasteiger charge is -2.29. The summed E-state index contributed by atoms with van der Waals surface area (Å²) in [5.74, 6) is 0.868. The minimum atomic E-state index is -0.210. The second-order valence-corrected chi connectivity index (χ2v) is 5.59. The standard InChI is InChI=1S/C15H25N5O3.3H2/c1-11(2)18-15(21)17-3-6-23-14-10-12(9-13(16)19-14)20-4-7-22-8-5-20;;;/h9-11H,3-8H2,1-2H3,(H2,16,19)(H2,17,18,21);3*1H. The summed E-state index contributed by atoms with van der Waals surface area (Å²) < 4.78 is 10.9. The van der Waals surface area contributed by atoms with Crippen LogP contribution in [0.1, 0.15) is 18.1 Å². The lowest BCUT2D eigenvalue weighted by molar-refractivity contribution is 0.122. The molecule has 1 aromatic rings. The maximum Gasteiger partial charge on any atom is 0.315 e. The molecular weight excluding hydrogens is 298 g/mol. The Kier molecular flexibility index (Phi) is 6.28. The first kappa shape index (κ1) is 17.1. The second-order valence-electron chi connectivity index (χ2n) is 5.59. The van der Waals surface area contributed by atoms with E-state index < -0.39 is 0 Å². The van der Waals surface area contributed by atoms with E-state index >= 15 is 0 Å². The molecule has 1 aromatic heterocycles. The third kappa shape index (κ3) is 5.82. The van der Waals surface area contributed by atoms with Crippen LogP contribution in [0.2, 0.25) is 0 Å². The van der Waals surface area contributed by atoms with Crippen molar-refractivity contribution in [2.75, 3.05) is 50.1 Å². The molecule has 0 spiro atoms. The van der Waals surface area contributed by atoms with Gasteiger partial charge in [-0.05, 0) is 13.8 Å². The van der Waals surface area contributed by atoms with Gasteiger partial charge in [-0.1, -0.05) is 0 Å². The van der Waals surface area contributed by atoms with Crippen LogP contribution in [0.25, 0.3) is 0 Å². The van der Waals surface area contributed by atoms with E-state index in [1.54, 1.807) is 0 Å². The van der Waals surface area contributed by atoms with Gasteiger partial charge >= 0.3 is 6.03 Å². The molecule has 0 atom stereocenters. The molecule has 8 heteroatoms. The molecule has 1 aliphatic rings. The number of carbonyl (C=O) groups excluding carboxylic acids is 1. The van der Waals surface area contributed by atoms with Gasteiger partial charge in [-0.15, -0.1) is 0 Å². The third-order valence-electron chi connectivity index (χ3n) is 3.24. The Hall–Kier alpha value is -2.22. The summed E-state index contributed by atoms with van der Waals surface area (Å²) in [7, 11) is 0. The third-order valence-corrected chi connectivity index (χ3v) is 3.24. The Balaban J connectivity index is 0. The Morgan fingerprint density at radius 3 is 2.91 bits per heavy atom. The number of anilines is 2. The van der Waals surface area contributed by atoms with Crippen molar-refractivity contribution in [1.82, 2.24) is 15.6 Å². The molecule has 2 amide bonds. The van der Waals surface area contributed by atoms with Crippen LogP contribution in [0.5, 0.6) is 5.88 Å². The summed E-state index contributed by atoms with van der Waals surface area (Å²) in [6.45, 7) is 7.56. The number of hydrogen-bond donors (Lipinski definition) is 3. The first-order valence-electron chi connectivity index (χ1n) is 7.82. The van der Waals surface area contributed by atoms with Crippen molar-refractivity contribution in [3.63, 3.8) is 0 Å². The van der Waals surface area contributed by atoms with Gasteiger partial charge in [0.05, 0.1) is 19.8 Å². The lowest BCUT2D eigenvalue weighted by Crippen LogP contribution is -2.41. The monoisotopic (exact) mass is 329 g/mol. The zero-order valence-electron chi connectivity index (χ0n) is 13.7. The Labute approximate surface area is 140 Å². The second kappa shape index (κ2) is 8.42. The molecule has 0 radical (unpaired) electrons. The van der Waals surface area contributed by atoms with E-state index in [0.29, 0.717) is 38.1 Å². The summed E-state index contributed by atoms with van der Waals surface area (Å²) in [6, 6.07) is 3.57. The number of morpholine rings is 1. The van der Waals surface area contributed by atoms with Gasteiger partial charge < -0.3 is 30.7 Å². The molecule has 1 saturated heterocycles. The van der Waals surface area contributed by atoms with Crippen LogP contribution >= 0.6 is 0 Å². The molecule has 8 nitrogen and oxygen atoms in total. The first-order chi connectivity index (χ1) is 11.0. The average Bonchev–Trinajstić information content (AvgIpc) is 2.51. The highest BCUT2D eigenvalue weighted by Gasteiger charge is 2.13. The smallest absolute Gasteiger partial charge is 0.315 e. The molecule has 134 valence electrons. The predicted octanol–water partition coefficient (Wildman–Crippen LogP) is 1.32. The van der Waals surface area contributed by atoms with Crippen molar-refractivity contribution in [3.8, 4) is 5.88 Å². The highest BCUT2D eigenvalue weighted by atomic mass is 16.5. The van der Waals surface area contributed by atoms with Gasteiger partial charge in [-0.3, -0.25) is 0 Å². The molecule has 0 aliphatic carbocycles. The van der Waals surface area contributed by atoms with E-state index in [-0.39, 0.29) is 16.4 Å². The Morgan fingerprint density at radius 1 is 1.48 bits per heavy atom. The highest BCUT2D eigenvalue weighted by molar-refractivity contribution is 5.74. The predicted molar refractivity (Wildman–Crippen MR) is 95.2 cm³/mol. The van der Waals surface area contributed by atoms with E-state index in [0.717, 1.165) is 18.8 Å². The van der Waals surface area contributed by atoms with E-state index in [9.17, 15) is 4.79 Å². The van der Waals surface area contributed by atoms with E-state index in [1.165, 1.54) is 0 Å². The molecule has 0 saturated carbocycles. The molecule has 0 unspecified atom stereocenters. The van der Waals surface area contributed by atoms with Gasteiger partial charge in [0.25, 0.3) is 0 Å². The van der Waals surface area contributed by atoms with E-state index in [4.69, 9.17) is 15.2 Å². The van der Waals surface area contributed by atoms with E-state index in [1.807, 2.05) is 26.0 Å². The molecule has 4 N–H and O–H groups in total. The molecule has 1 fully saturated rings. The normalized spacial score (nSPS) is 14.7. The summed E-state index contributed by atoms with van der Waals surface area (Å²) in [6.07, 6.45) is 0. The van der Waals surface area contributed by atoms with Gasteiger partial charge in [0.2, 0.25) is 5.88 Å². The number of nitrogens with one attached hydrogen (secondary N) is 2. The fourth-order valence-electron chi connectivity index (χ4n) is 2.22. The molecular formula is C15H31N5O3. The van der Waals surface area contributed by atoms with E-state index in [2.05, 4.69) is 20.5 Å². The van der Waals surface area contributed by atoms with Crippen LogP contribution in [0.15, 0.2) is 12.1 Å². The van der Waals surface area contributed by atoms with Crippen LogP contribution in [-0.2, 0) is 4.74 Å². The highest BCUT2D eigenvalue weighted by Crippen LogP contribution is 2.23. The van der Waals surface area contributed by atoms with Crippen molar-refractivity contribution >= 4 is 17.5 Å². The number of nitrogens with two attached hydrogens (primary N) is 1. The van der Waals surface area contributed by atoms with Crippen molar-refractivity contribution in [1.29, 1.82) is 0 Å². The number of amides is 2. The zero-order chi connectivity index (χ0) is 16.7. The summed E-state index contributed by atoms with van der Waals surface area (Å²) >= 11 is 0. The summed E-state index contributed by atoms with van der Waals surface area (Å²) in [4.78, 5) is 17.8. The summed E-state index contributed by atoms with van der Waals surface area (Å²) in [5.41, 5.74) is 6.82. The lowest BCUT2D eigenvalue weighted by atomic mass is 10.3. The van der Waals surface area contributed by atoms with Crippen LogP contribution in [0.3, 0.4) is 0 Å². The molecule has 0 bridgehead atoms. The van der Waals surface area contributed by atoms with Gasteiger partial charge in [0.1, 0.15) is 12.4 Å². The largest absolute Gasteiger partial charge is 0.476 e.